The first-order valence-electron chi connectivity index (χ1n) is 3.24. The van der Waals surface area contributed by atoms with E-state index in [2.05, 4.69) is 5.32 Å². The maximum absolute atomic E-state index is 10.1. The van der Waals surface area contributed by atoms with Crippen LogP contribution in [0.5, 0.6) is 0 Å². The van der Waals surface area contributed by atoms with Crippen LogP contribution in [0, 0.1) is 0 Å². The molecule has 2 N–H and O–H groups in total. The second-order valence-corrected chi connectivity index (χ2v) is 2.39. The van der Waals surface area contributed by atoms with Crippen molar-refractivity contribution in [1.29, 1.82) is 0 Å². The maximum atomic E-state index is 10.1. The van der Waals surface area contributed by atoms with Crippen LogP contribution >= 0.6 is 17.0 Å². The summed E-state index contributed by atoms with van der Waals surface area (Å²) < 4.78 is 0. The van der Waals surface area contributed by atoms with Gasteiger partial charge in [0, 0.05) is 6.04 Å². The normalized spacial score (nSPS) is 23.8. The van der Waals surface area contributed by atoms with Crippen molar-refractivity contribution in [2.45, 2.75) is 25.3 Å². The highest BCUT2D eigenvalue weighted by Gasteiger charge is 2.16. The highest BCUT2D eigenvalue weighted by Crippen LogP contribution is 2.07. The number of rotatable bonds is 2. The molecule has 0 aliphatic carbocycles. The highest BCUT2D eigenvalue weighted by molar-refractivity contribution is 8.93. The number of aliphatic carboxylic acids is 1. The smallest absolute Gasteiger partial charge is 0.304 e. The monoisotopic (exact) mass is 209 g/mol. The zero-order valence-electron chi connectivity index (χ0n) is 5.67. The first-order chi connectivity index (χ1) is 4.29. The van der Waals surface area contributed by atoms with Gasteiger partial charge in [-0.2, -0.15) is 0 Å². The SMILES string of the molecule is Br.O=C(O)CC1CCCN1. The summed E-state index contributed by atoms with van der Waals surface area (Å²) >= 11 is 0. The molecule has 1 aliphatic heterocycles. The first-order valence-corrected chi connectivity index (χ1v) is 3.24. The van der Waals surface area contributed by atoms with Gasteiger partial charge in [-0.15, -0.1) is 17.0 Å². The van der Waals surface area contributed by atoms with Gasteiger partial charge in [0.25, 0.3) is 0 Å². The van der Waals surface area contributed by atoms with Crippen molar-refractivity contribution in [1.82, 2.24) is 5.32 Å². The summed E-state index contributed by atoms with van der Waals surface area (Å²) in [6, 6.07) is 0.238. The molecule has 0 bridgehead atoms. The Morgan fingerprint density at radius 2 is 2.40 bits per heavy atom. The fourth-order valence-electron chi connectivity index (χ4n) is 1.14. The highest BCUT2D eigenvalue weighted by atomic mass is 79.9. The van der Waals surface area contributed by atoms with Gasteiger partial charge in [-0.05, 0) is 19.4 Å². The van der Waals surface area contributed by atoms with Gasteiger partial charge >= 0.3 is 5.97 Å². The van der Waals surface area contributed by atoms with E-state index in [9.17, 15) is 4.79 Å². The van der Waals surface area contributed by atoms with E-state index in [0.29, 0.717) is 0 Å². The van der Waals surface area contributed by atoms with Crippen molar-refractivity contribution in [3.8, 4) is 0 Å². The predicted molar refractivity (Wildman–Crippen MR) is 43.6 cm³/mol. The zero-order chi connectivity index (χ0) is 6.69. The molecule has 1 rings (SSSR count). The maximum Gasteiger partial charge on any atom is 0.304 e. The zero-order valence-corrected chi connectivity index (χ0v) is 7.38. The number of carboxylic acid groups (broad SMARTS) is 1. The van der Waals surface area contributed by atoms with Crippen molar-refractivity contribution in [2.24, 2.45) is 0 Å². The molecule has 1 atom stereocenters. The molecule has 1 unspecified atom stereocenters. The van der Waals surface area contributed by atoms with Gasteiger partial charge in [0.15, 0.2) is 0 Å². The number of nitrogens with one attached hydrogen (secondary N) is 1. The molecule has 1 fully saturated rings. The lowest BCUT2D eigenvalue weighted by atomic mass is 10.2. The number of hydrogen-bond acceptors (Lipinski definition) is 2. The Kier molecular flexibility index (Phi) is 4.64. The molecular weight excluding hydrogens is 198 g/mol. The van der Waals surface area contributed by atoms with Crippen LogP contribution in [0.3, 0.4) is 0 Å². The lowest BCUT2D eigenvalue weighted by molar-refractivity contribution is -0.137. The summed E-state index contributed by atoms with van der Waals surface area (Å²) in [6.07, 6.45) is 2.42. The molecule has 1 aliphatic rings. The standard InChI is InChI=1S/C6H11NO2.BrH/c8-6(9)4-5-2-1-3-7-5;/h5,7H,1-4H2,(H,8,9);1H. The van der Waals surface area contributed by atoms with Crippen molar-refractivity contribution >= 4 is 23.0 Å². The Hall–Kier alpha value is -0.0900. The summed E-state index contributed by atoms with van der Waals surface area (Å²) in [5.74, 6) is -0.700. The molecule has 0 radical (unpaired) electrons. The summed E-state index contributed by atoms with van der Waals surface area (Å²) in [7, 11) is 0. The number of carboxylic acids is 1. The Bertz CT molecular complexity index is 112. The van der Waals surface area contributed by atoms with E-state index in [1.54, 1.807) is 0 Å². The van der Waals surface area contributed by atoms with Crippen LogP contribution in [0.25, 0.3) is 0 Å². The lowest BCUT2D eigenvalue weighted by Crippen LogP contribution is -2.24. The molecule has 0 saturated carbocycles. The van der Waals surface area contributed by atoms with Gasteiger partial charge in [0.1, 0.15) is 0 Å². The minimum Gasteiger partial charge on any atom is -0.481 e. The van der Waals surface area contributed by atoms with E-state index in [-0.39, 0.29) is 29.4 Å². The summed E-state index contributed by atoms with van der Waals surface area (Å²) in [5.41, 5.74) is 0. The van der Waals surface area contributed by atoms with Crippen LogP contribution in [0.2, 0.25) is 0 Å². The van der Waals surface area contributed by atoms with Crippen molar-refractivity contribution in [2.75, 3.05) is 6.54 Å². The Balaban J connectivity index is 0.000000810. The molecule has 4 heteroatoms. The van der Waals surface area contributed by atoms with Gasteiger partial charge in [-0.3, -0.25) is 4.79 Å². The first kappa shape index (κ1) is 9.91. The third-order valence-electron chi connectivity index (χ3n) is 1.58. The second-order valence-electron chi connectivity index (χ2n) is 2.39. The minimum absolute atomic E-state index is 0. The quantitative estimate of drug-likeness (QED) is 0.708. The van der Waals surface area contributed by atoms with Crippen LogP contribution < -0.4 is 5.32 Å². The van der Waals surface area contributed by atoms with Crippen LogP contribution in [0.4, 0.5) is 0 Å². The average Bonchev–Trinajstić information content (AvgIpc) is 2.15. The molecular formula is C6H12BrNO2. The molecule has 1 saturated heterocycles. The lowest BCUT2D eigenvalue weighted by Gasteiger charge is -2.03. The topological polar surface area (TPSA) is 49.3 Å². The summed E-state index contributed by atoms with van der Waals surface area (Å²) in [5, 5.41) is 11.4. The van der Waals surface area contributed by atoms with E-state index in [4.69, 9.17) is 5.11 Å². The molecule has 1 heterocycles. The van der Waals surface area contributed by atoms with Crippen molar-refractivity contribution in [3.05, 3.63) is 0 Å². The molecule has 3 nitrogen and oxygen atoms in total. The summed E-state index contributed by atoms with van der Waals surface area (Å²) in [6.45, 7) is 0.984. The van der Waals surface area contributed by atoms with Gasteiger partial charge in [-0.1, -0.05) is 0 Å². The molecule has 0 aromatic carbocycles. The van der Waals surface area contributed by atoms with Gasteiger partial charge in [0.2, 0.25) is 0 Å². The van der Waals surface area contributed by atoms with Crippen molar-refractivity contribution in [3.63, 3.8) is 0 Å². The average molecular weight is 210 g/mol. The van der Waals surface area contributed by atoms with E-state index < -0.39 is 5.97 Å². The minimum atomic E-state index is -0.700. The predicted octanol–water partition coefficient (Wildman–Crippen LogP) is 0.791. The van der Waals surface area contributed by atoms with Crippen molar-refractivity contribution < 1.29 is 9.90 Å². The Morgan fingerprint density at radius 3 is 2.80 bits per heavy atom. The van der Waals surface area contributed by atoms with Crippen LogP contribution in [0.15, 0.2) is 0 Å². The van der Waals surface area contributed by atoms with Gasteiger partial charge in [-0.25, -0.2) is 0 Å². The Labute approximate surface area is 70.6 Å². The number of hydrogen-bond donors (Lipinski definition) is 2. The molecule has 60 valence electrons. The largest absolute Gasteiger partial charge is 0.481 e. The number of halogens is 1. The fourth-order valence-corrected chi connectivity index (χ4v) is 1.14. The molecule has 0 aromatic rings. The Morgan fingerprint density at radius 1 is 1.70 bits per heavy atom. The van der Waals surface area contributed by atoms with Gasteiger partial charge in [0.05, 0.1) is 6.42 Å². The molecule has 10 heavy (non-hydrogen) atoms. The van der Waals surface area contributed by atoms with E-state index in [0.717, 1.165) is 19.4 Å². The third-order valence-corrected chi connectivity index (χ3v) is 1.58. The summed E-state index contributed by atoms with van der Waals surface area (Å²) in [4.78, 5) is 10.1. The van der Waals surface area contributed by atoms with Crippen LogP contribution in [-0.4, -0.2) is 23.7 Å². The van der Waals surface area contributed by atoms with E-state index >= 15 is 0 Å². The van der Waals surface area contributed by atoms with Gasteiger partial charge < -0.3 is 10.4 Å². The molecule has 0 aromatic heterocycles. The molecule has 0 spiro atoms. The van der Waals surface area contributed by atoms with E-state index in [1.807, 2.05) is 0 Å². The number of carbonyl (C=O) groups is 1. The second kappa shape index (κ2) is 4.68. The van der Waals surface area contributed by atoms with Crippen LogP contribution in [-0.2, 0) is 4.79 Å². The third kappa shape index (κ3) is 3.17. The fraction of sp³-hybridized carbons (Fsp3) is 0.833. The van der Waals surface area contributed by atoms with E-state index in [1.165, 1.54) is 0 Å². The molecule has 0 amide bonds. The van der Waals surface area contributed by atoms with Crippen LogP contribution in [0.1, 0.15) is 19.3 Å².